The van der Waals surface area contributed by atoms with Crippen LogP contribution in [0.1, 0.15) is 33.4 Å². The highest BCUT2D eigenvalue weighted by atomic mass is 16.3. The summed E-state index contributed by atoms with van der Waals surface area (Å²) in [5.74, 6) is 20.5. The summed E-state index contributed by atoms with van der Waals surface area (Å²) in [5, 5.41) is 77.4. The van der Waals surface area contributed by atoms with Crippen LogP contribution in [0.4, 0.5) is 0 Å². The van der Waals surface area contributed by atoms with Gasteiger partial charge in [-0.3, -0.25) is 0 Å². The van der Waals surface area contributed by atoms with E-state index in [0.717, 1.165) is 81.3 Å². The van der Waals surface area contributed by atoms with Gasteiger partial charge in [-0.2, -0.15) is 0 Å². The fourth-order valence-electron chi connectivity index (χ4n) is 10.8. The maximum Gasteiger partial charge on any atom is 0.124 e. The molecule has 6 N–H and O–H groups in total. The second kappa shape index (κ2) is 19.0. The summed E-state index contributed by atoms with van der Waals surface area (Å²) in [4.78, 5) is 0. The summed E-state index contributed by atoms with van der Waals surface area (Å²) in [6.07, 6.45) is 0. The van der Waals surface area contributed by atoms with Crippen molar-refractivity contribution in [2.45, 2.75) is 0 Å². The van der Waals surface area contributed by atoms with Gasteiger partial charge in [0.1, 0.15) is 34.5 Å². The molecule has 0 saturated heterocycles. The first-order valence-electron chi connectivity index (χ1n) is 25.2. The Morgan fingerprint density at radius 2 is 0.397 bits per heavy atom. The third-order valence-corrected chi connectivity index (χ3v) is 14.5. The van der Waals surface area contributed by atoms with E-state index in [4.69, 9.17) is 0 Å². The van der Waals surface area contributed by atoms with Crippen LogP contribution < -0.4 is 0 Å². The summed E-state index contributed by atoms with van der Waals surface area (Å²) in [7, 11) is 0. The van der Waals surface area contributed by atoms with Gasteiger partial charge in [0.25, 0.3) is 0 Å². The predicted molar refractivity (Wildman–Crippen MR) is 315 cm³/mol. The topological polar surface area (TPSA) is 121 Å². The van der Waals surface area contributed by atoms with Gasteiger partial charge in [0.05, 0.1) is 0 Å². The van der Waals surface area contributed by atoms with Crippen LogP contribution in [0, 0.1) is 35.5 Å². The number of benzene rings is 13. The Bertz CT molecular complexity index is 4390. The van der Waals surface area contributed by atoms with Gasteiger partial charge in [-0.05, 0) is 156 Å². The van der Waals surface area contributed by atoms with E-state index < -0.39 is 0 Å². The van der Waals surface area contributed by atoms with E-state index in [1.165, 1.54) is 0 Å². The van der Waals surface area contributed by atoms with Crippen LogP contribution in [0.5, 0.6) is 34.5 Å². The smallest absolute Gasteiger partial charge is 0.124 e. The average molecular weight is 1000 g/mol. The van der Waals surface area contributed by atoms with Crippen LogP contribution in [-0.4, -0.2) is 30.6 Å². The number of phenols is 6. The molecule has 0 heterocycles. The van der Waals surface area contributed by atoms with Crippen LogP contribution >= 0.6 is 0 Å². The Hall–Kier alpha value is -11.1. The van der Waals surface area contributed by atoms with E-state index in [0.29, 0.717) is 50.1 Å². The minimum Gasteiger partial charge on any atom is -0.507 e. The number of phenolic OH excluding ortho intramolecular Hbond substituents is 6. The van der Waals surface area contributed by atoms with Crippen molar-refractivity contribution in [3.05, 3.63) is 252 Å². The number of hydrogen-bond acceptors (Lipinski definition) is 6. The lowest BCUT2D eigenvalue weighted by Gasteiger charge is -2.14. The number of hydrogen-bond donors (Lipinski definition) is 6. The molecule has 0 aliphatic carbocycles. The highest BCUT2D eigenvalue weighted by Crippen LogP contribution is 2.48. The van der Waals surface area contributed by atoms with E-state index in [1.807, 2.05) is 182 Å². The second-order valence-corrected chi connectivity index (χ2v) is 19.3. The van der Waals surface area contributed by atoms with Crippen LogP contribution in [-0.2, 0) is 0 Å². The van der Waals surface area contributed by atoms with Gasteiger partial charge in [0.2, 0.25) is 0 Å². The van der Waals surface area contributed by atoms with Crippen molar-refractivity contribution in [2.24, 2.45) is 0 Å². The molecule has 0 atom stereocenters. The van der Waals surface area contributed by atoms with Gasteiger partial charge in [0.15, 0.2) is 0 Å². The molecule has 366 valence electrons. The lowest BCUT2D eigenvalue weighted by Crippen LogP contribution is -1.88. The van der Waals surface area contributed by atoms with Crippen molar-refractivity contribution in [3.63, 3.8) is 0 Å². The first-order chi connectivity index (χ1) is 38.1. The molecule has 13 aromatic rings. The Labute approximate surface area is 448 Å². The van der Waals surface area contributed by atoms with Gasteiger partial charge in [-0.1, -0.05) is 163 Å². The monoisotopic (exact) mass is 1000 g/mol. The molecule has 0 radical (unpaired) electrons. The molecule has 13 rings (SSSR count). The molecule has 0 aliphatic rings. The normalized spacial score (nSPS) is 11.1. The SMILES string of the molecule is Oc1ccc2ccccc2c1-c1c(O)ccc2cc(C#Cc3cc(C#Cc4ccc5c(-c6c(O)ccc7ccccc67)c(O)ccc5c4)cc(C#Cc4ccc5c(-c6c(O)ccc7ccccc67)c(O)ccc5c4)c3)ccc12. The minimum absolute atomic E-state index is 0.0578. The van der Waals surface area contributed by atoms with Crippen molar-refractivity contribution in [1.29, 1.82) is 0 Å². The summed E-state index contributed by atoms with van der Waals surface area (Å²) >= 11 is 0. The molecule has 13 aromatic carbocycles. The highest BCUT2D eigenvalue weighted by molar-refractivity contribution is 6.12. The summed E-state index contributed by atoms with van der Waals surface area (Å²) < 4.78 is 0. The second-order valence-electron chi connectivity index (χ2n) is 19.3. The van der Waals surface area contributed by atoms with Gasteiger partial charge in [0, 0.05) is 66.8 Å². The molecule has 0 bridgehead atoms. The van der Waals surface area contributed by atoms with Gasteiger partial charge in [-0.15, -0.1) is 0 Å². The van der Waals surface area contributed by atoms with E-state index >= 15 is 0 Å². The first-order valence-corrected chi connectivity index (χ1v) is 25.2. The molecule has 6 heteroatoms. The van der Waals surface area contributed by atoms with Crippen molar-refractivity contribution in [1.82, 2.24) is 0 Å². The summed E-state index contributed by atoms with van der Waals surface area (Å²) in [6.45, 7) is 0. The van der Waals surface area contributed by atoms with E-state index in [-0.39, 0.29) is 34.5 Å². The van der Waals surface area contributed by atoms with Crippen molar-refractivity contribution >= 4 is 64.6 Å². The van der Waals surface area contributed by atoms with Crippen molar-refractivity contribution in [3.8, 4) is 103 Å². The fourth-order valence-corrected chi connectivity index (χ4v) is 10.8. The number of fused-ring (bicyclic) bond motifs is 6. The van der Waals surface area contributed by atoms with E-state index in [9.17, 15) is 30.6 Å². The first kappa shape index (κ1) is 46.7. The van der Waals surface area contributed by atoms with E-state index in [2.05, 4.69) is 35.5 Å². The third kappa shape index (κ3) is 8.37. The molecule has 0 aromatic heterocycles. The summed E-state index contributed by atoms with van der Waals surface area (Å²) in [6, 6.07) is 67.5. The fraction of sp³-hybridized carbons (Fsp3) is 0. The molecule has 0 saturated carbocycles. The zero-order valence-corrected chi connectivity index (χ0v) is 41.5. The van der Waals surface area contributed by atoms with Crippen LogP contribution in [0.25, 0.3) is 98.0 Å². The summed E-state index contributed by atoms with van der Waals surface area (Å²) in [5.41, 5.74) is 7.56. The Balaban J connectivity index is 0.892. The lowest BCUT2D eigenvalue weighted by molar-refractivity contribution is 0.470. The predicted octanol–water partition coefficient (Wildman–Crippen LogP) is 16.0. The van der Waals surface area contributed by atoms with E-state index in [1.54, 1.807) is 36.4 Å². The zero-order chi connectivity index (χ0) is 53.0. The van der Waals surface area contributed by atoms with Gasteiger partial charge < -0.3 is 30.6 Å². The molecular formula is C72H42O6. The van der Waals surface area contributed by atoms with Crippen LogP contribution in [0.2, 0.25) is 0 Å². The molecule has 0 unspecified atom stereocenters. The quantitative estimate of drug-likeness (QED) is 0.0981. The molecule has 0 fully saturated rings. The standard InChI is InChI=1S/C72H42O6/c73-61-31-22-49-7-1-4-10-55(49)67(61)70-58-28-19-43(40-52(58)25-34-64(70)76)13-16-46-37-47(17-14-44-20-29-59-53(41-44)26-35-65(77)71(59)68-56-11-5-2-8-50(56)23-32-62(68)74)39-48(38-46)18-15-45-21-30-60-54(42-45)27-36-66(78)72(60)69-57-12-6-3-9-51(57)24-33-63(69)75/h1-12,19-42,73-78H. The highest BCUT2D eigenvalue weighted by Gasteiger charge is 2.20. The molecule has 78 heavy (non-hydrogen) atoms. The Kier molecular flexibility index (Phi) is 11.4. The largest absolute Gasteiger partial charge is 0.507 e. The zero-order valence-electron chi connectivity index (χ0n) is 41.5. The molecule has 6 nitrogen and oxygen atoms in total. The van der Waals surface area contributed by atoms with Crippen LogP contribution in [0.15, 0.2) is 218 Å². The third-order valence-electron chi connectivity index (χ3n) is 14.5. The lowest BCUT2D eigenvalue weighted by atomic mass is 9.91. The minimum atomic E-state index is 0.0578. The molecule has 0 spiro atoms. The Morgan fingerprint density at radius 3 is 0.667 bits per heavy atom. The van der Waals surface area contributed by atoms with Crippen LogP contribution in [0.3, 0.4) is 0 Å². The Morgan fingerprint density at radius 1 is 0.179 bits per heavy atom. The van der Waals surface area contributed by atoms with Gasteiger partial charge in [-0.25, -0.2) is 0 Å². The van der Waals surface area contributed by atoms with Gasteiger partial charge >= 0.3 is 0 Å². The maximum absolute atomic E-state index is 11.3. The van der Waals surface area contributed by atoms with Crippen molar-refractivity contribution < 1.29 is 30.6 Å². The number of aromatic hydroxyl groups is 6. The average Bonchev–Trinajstić information content (AvgIpc) is 3.57. The number of rotatable bonds is 3. The molecule has 0 aliphatic heterocycles. The molecule has 0 amide bonds. The van der Waals surface area contributed by atoms with Crippen molar-refractivity contribution in [2.75, 3.05) is 0 Å². The molecular weight excluding hydrogens is 961 g/mol. The maximum atomic E-state index is 11.3.